The lowest BCUT2D eigenvalue weighted by molar-refractivity contribution is 0.426. The van der Waals surface area contributed by atoms with E-state index < -0.39 is 7.12 Å². The largest absolute Gasteiger partial charge is 0.488 e. The van der Waals surface area contributed by atoms with Crippen molar-refractivity contribution >= 4 is 18.7 Å². The van der Waals surface area contributed by atoms with Gasteiger partial charge in [-0.3, -0.25) is 0 Å². The van der Waals surface area contributed by atoms with Crippen LogP contribution in [0.2, 0.25) is 0 Å². The fraction of sp³-hybridized carbons (Fsp3) is 0.286. The summed E-state index contributed by atoms with van der Waals surface area (Å²) in [4.78, 5) is 0. The molecule has 0 fully saturated rings. The molecule has 0 aliphatic heterocycles. The molecular formula is C14H19BO2. The molecular weight excluding hydrogens is 211 g/mol. The standard InChI is InChI=1S/C14H19BO2/c1-4-11(2)6-5-7-13-10-14(15(16)17)9-8-12(13)3/h5-10,16-17H,4H2,1-3H3/b7-5-,11-6?. The van der Waals surface area contributed by atoms with Crippen LogP contribution in [0.4, 0.5) is 0 Å². The number of benzene rings is 1. The van der Waals surface area contributed by atoms with Crippen LogP contribution in [-0.2, 0) is 0 Å². The van der Waals surface area contributed by atoms with E-state index in [1.54, 1.807) is 12.1 Å². The first kappa shape index (κ1) is 13.7. The fourth-order valence-corrected chi connectivity index (χ4v) is 1.43. The third-order valence-electron chi connectivity index (χ3n) is 2.82. The summed E-state index contributed by atoms with van der Waals surface area (Å²) >= 11 is 0. The maximum absolute atomic E-state index is 9.11. The third kappa shape index (κ3) is 4.21. The summed E-state index contributed by atoms with van der Waals surface area (Å²) in [5.74, 6) is 0. The average Bonchev–Trinajstić information content (AvgIpc) is 2.30. The van der Waals surface area contributed by atoms with Crippen molar-refractivity contribution in [2.45, 2.75) is 27.2 Å². The first-order valence-corrected chi connectivity index (χ1v) is 5.85. The second-order valence-corrected chi connectivity index (χ2v) is 4.22. The summed E-state index contributed by atoms with van der Waals surface area (Å²) < 4.78 is 0. The van der Waals surface area contributed by atoms with Crippen LogP contribution in [0.3, 0.4) is 0 Å². The molecule has 2 nitrogen and oxygen atoms in total. The van der Waals surface area contributed by atoms with Gasteiger partial charge in [-0.05, 0) is 36.9 Å². The highest BCUT2D eigenvalue weighted by molar-refractivity contribution is 6.58. The van der Waals surface area contributed by atoms with Crippen LogP contribution in [0.25, 0.3) is 6.08 Å². The number of hydrogen-bond donors (Lipinski definition) is 2. The molecule has 0 spiro atoms. The van der Waals surface area contributed by atoms with Crippen molar-refractivity contribution < 1.29 is 10.0 Å². The van der Waals surface area contributed by atoms with Gasteiger partial charge in [0.25, 0.3) is 0 Å². The zero-order valence-corrected chi connectivity index (χ0v) is 10.6. The lowest BCUT2D eigenvalue weighted by Crippen LogP contribution is -2.29. The van der Waals surface area contributed by atoms with Crippen molar-refractivity contribution in [1.29, 1.82) is 0 Å². The number of hydrogen-bond acceptors (Lipinski definition) is 2. The van der Waals surface area contributed by atoms with Crippen LogP contribution >= 0.6 is 0 Å². The van der Waals surface area contributed by atoms with E-state index in [9.17, 15) is 0 Å². The van der Waals surface area contributed by atoms with Gasteiger partial charge in [0.1, 0.15) is 0 Å². The van der Waals surface area contributed by atoms with E-state index >= 15 is 0 Å². The van der Waals surface area contributed by atoms with Gasteiger partial charge in [0.05, 0.1) is 0 Å². The van der Waals surface area contributed by atoms with Crippen molar-refractivity contribution in [2.24, 2.45) is 0 Å². The third-order valence-corrected chi connectivity index (χ3v) is 2.82. The summed E-state index contributed by atoms with van der Waals surface area (Å²) in [6, 6.07) is 5.42. The first-order valence-electron chi connectivity index (χ1n) is 5.85. The molecule has 0 aliphatic rings. The van der Waals surface area contributed by atoms with E-state index in [2.05, 4.69) is 19.9 Å². The van der Waals surface area contributed by atoms with E-state index in [4.69, 9.17) is 10.0 Å². The Labute approximate surface area is 103 Å². The quantitative estimate of drug-likeness (QED) is 0.613. The molecule has 0 heterocycles. The molecule has 0 saturated carbocycles. The van der Waals surface area contributed by atoms with Crippen LogP contribution in [0.5, 0.6) is 0 Å². The van der Waals surface area contributed by atoms with Crippen molar-refractivity contribution in [3.63, 3.8) is 0 Å². The molecule has 0 radical (unpaired) electrons. The summed E-state index contributed by atoms with van der Waals surface area (Å²) in [6.45, 7) is 6.21. The normalized spacial score (nSPS) is 12.2. The Hall–Kier alpha value is -1.32. The Kier molecular flexibility index (Phi) is 5.20. The topological polar surface area (TPSA) is 40.5 Å². The van der Waals surface area contributed by atoms with Crippen molar-refractivity contribution in [3.8, 4) is 0 Å². The summed E-state index contributed by atoms with van der Waals surface area (Å²) in [6.07, 6.45) is 7.09. The maximum Gasteiger partial charge on any atom is 0.488 e. The van der Waals surface area contributed by atoms with Gasteiger partial charge in [0, 0.05) is 0 Å². The van der Waals surface area contributed by atoms with Crippen LogP contribution in [0, 0.1) is 6.92 Å². The van der Waals surface area contributed by atoms with Gasteiger partial charge >= 0.3 is 7.12 Å². The van der Waals surface area contributed by atoms with Crippen molar-refractivity contribution in [3.05, 3.63) is 47.1 Å². The molecule has 0 bridgehead atoms. The zero-order chi connectivity index (χ0) is 12.8. The molecule has 3 heteroatoms. The molecule has 0 aliphatic carbocycles. The van der Waals surface area contributed by atoms with Crippen LogP contribution in [-0.4, -0.2) is 17.2 Å². The van der Waals surface area contributed by atoms with Gasteiger partial charge < -0.3 is 10.0 Å². The van der Waals surface area contributed by atoms with Gasteiger partial charge in [-0.25, -0.2) is 0 Å². The van der Waals surface area contributed by atoms with E-state index in [1.165, 1.54) is 5.57 Å². The fourth-order valence-electron chi connectivity index (χ4n) is 1.43. The number of allylic oxidation sites excluding steroid dienone is 3. The van der Waals surface area contributed by atoms with E-state index in [0.29, 0.717) is 5.46 Å². The monoisotopic (exact) mass is 230 g/mol. The molecule has 1 aromatic carbocycles. The maximum atomic E-state index is 9.11. The summed E-state index contributed by atoms with van der Waals surface area (Å²) in [5.41, 5.74) is 3.97. The molecule has 2 N–H and O–H groups in total. The smallest absolute Gasteiger partial charge is 0.423 e. The summed E-state index contributed by atoms with van der Waals surface area (Å²) in [5, 5.41) is 18.2. The number of aryl methyl sites for hydroxylation is 1. The Bertz CT molecular complexity index is 434. The minimum Gasteiger partial charge on any atom is -0.423 e. The van der Waals surface area contributed by atoms with E-state index in [0.717, 1.165) is 17.5 Å². The van der Waals surface area contributed by atoms with E-state index in [-0.39, 0.29) is 0 Å². The van der Waals surface area contributed by atoms with Crippen LogP contribution in [0.15, 0.2) is 35.9 Å². The Morgan fingerprint density at radius 1 is 1.35 bits per heavy atom. The summed E-state index contributed by atoms with van der Waals surface area (Å²) in [7, 11) is -1.41. The Morgan fingerprint density at radius 3 is 2.65 bits per heavy atom. The average molecular weight is 230 g/mol. The molecule has 0 atom stereocenters. The highest BCUT2D eigenvalue weighted by Gasteiger charge is 2.10. The molecule has 0 saturated heterocycles. The van der Waals surface area contributed by atoms with Gasteiger partial charge in [-0.1, -0.05) is 48.9 Å². The first-order chi connectivity index (χ1) is 8.04. The van der Waals surface area contributed by atoms with Crippen molar-refractivity contribution in [2.75, 3.05) is 0 Å². The number of rotatable bonds is 4. The van der Waals surface area contributed by atoms with Gasteiger partial charge in [0.2, 0.25) is 0 Å². The molecule has 90 valence electrons. The molecule has 0 aromatic heterocycles. The van der Waals surface area contributed by atoms with Crippen molar-refractivity contribution in [1.82, 2.24) is 0 Å². The Balaban J connectivity index is 2.94. The van der Waals surface area contributed by atoms with Crippen LogP contribution < -0.4 is 5.46 Å². The SMILES string of the molecule is CCC(C)=C/C=C\c1cc(B(O)O)ccc1C. The highest BCUT2D eigenvalue weighted by atomic mass is 16.4. The second kappa shape index (κ2) is 6.43. The van der Waals surface area contributed by atoms with Gasteiger partial charge in [0.15, 0.2) is 0 Å². The predicted octanol–water partition coefficient (Wildman–Crippen LogP) is 2.04. The molecule has 0 amide bonds. The van der Waals surface area contributed by atoms with Gasteiger partial charge in [-0.2, -0.15) is 0 Å². The molecule has 17 heavy (non-hydrogen) atoms. The lowest BCUT2D eigenvalue weighted by Gasteiger charge is -2.04. The molecule has 0 unspecified atom stereocenters. The van der Waals surface area contributed by atoms with Gasteiger partial charge in [-0.15, -0.1) is 0 Å². The predicted molar refractivity (Wildman–Crippen MR) is 74.1 cm³/mol. The van der Waals surface area contributed by atoms with Crippen LogP contribution in [0.1, 0.15) is 31.4 Å². The molecule has 1 aromatic rings. The minimum atomic E-state index is -1.41. The Morgan fingerprint density at radius 2 is 2.06 bits per heavy atom. The second-order valence-electron chi connectivity index (χ2n) is 4.22. The highest BCUT2D eigenvalue weighted by Crippen LogP contribution is 2.09. The zero-order valence-electron chi connectivity index (χ0n) is 10.6. The molecule has 1 rings (SSSR count). The van der Waals surface area contributed by atoms with E-state index in [1.807, 2.05) is 25.1 Å². The minimum absolute atomic E-state index is 0.520. The lowest BCUT2D eigenvalue weighted by atomic mass is 9.79.